The molecule has 1 atom stereocenters. The van der Waals surface area contributed by atoms with Crippen LogP contribution in [0.15, 0.2) is 24.3 Å². The van der Waals surface area contributed by atoms with Crippen molar-refractivity contribution in [2.75, 3.05) is 19.8 Å². The number of carbonyl (C=O) groups is 2. The summed E-state index contributed by atoms with van der Waals surface area (Å²) in [6.45, 7) is 1.02. The monoisotopic (exact) mass is 303 g/mol. The number of aliphatic carboxylic acids is 1. The van der Waals surface area contributed by atoms with Gasteiger partial charge in [0.2, 0.25) is 0 Å². The highest BCUT2D eigenvalue weighted by atomic mass is 16.5. The average Bonchev–Trinajstić information content (AvgIpc) is 2.84. The molecule has 22 heavy (non-hydrogen) atoms. The topological polar surface area (TPSA) is 84.7 Å². The van der Waals surface area contributed by atoms with Crippen molar-refractivity contribution in [1.29, 1.82) is 0 Å². The summed E-state index contributed by atoms with van der Waals surface area (Å²) in [7, 11) is 1.78. The van der Waals surface area contributed by atoms with Crippen molar-refractivity contribution >= 4 is 22.8 Å². The Kier molecular flexibility index (Phi) is 3.81. The first-order valence-electron chi connectivity index (χ1n) is 7.10. The summed E-state index contributed by atoms with van der Waals surface area (Å²) in [5, 5.41) is 14.1. The van der Waals surface area contributed by atoms with Crippen molar-refractivity contribution < 1.29 is 19.4 Å². The maximum atomic E-state index is 12.8. The molecule has 1 aromatic heterocycles. The van der Waals surface area contributed by atoms with Gasteiger partial charge in [-0.3, -0.25) is 14.3 Å². The summed E-state index contributed by atoms with van der Waals surface area (Å²) < 4.78 is 6.97. The van der Waals surface area contributed by atoms with Crippen molar-refractivity contribution in [2.45, 2.75) is 12.5 Å². The molecule has 3 rings (SSSR count). The Balaban J connectivity index is 1.95. The molecule has 1 aliphatic heterocycles. The lowest BCUT2D eigenvalue weighted by Crippen LogP contribution is -2.49. The van der Waals surface area contributed by atoms with Gasteiger partial charge in [-0.05, 0) is 6.07 Å². The number of amides is 1. The summed E-state index contributed by atoms with van der Waals surface area (Å²) in [5.74, 6) is -1.19. The van der Waals surface area contributed by atoms with Crippen LogP contribution in [-0.4, -0.2) is 57.5 Å². The molecule has 7 heteroatoms. The number of aromatic nitrogens is 2. The highest BCUT2D eigenvalue weighted by Crippen LogP contribution is 2.21. The molecular weight excluding hydrogens is 286 g/mol. The van der Waals surface area contributed by atoms with E-state index in [0.29, 0.717) is 18.8 Å². The fourth-order valence-electron chi connectivity index (χ4n) is 2.80. The first-order valence-corrected chi connectivity index (χ1v) is 7.10. The van der Waals surface area contributed by atoms with Crippen LogP contribution in [0, 0.1) is 0 Å². The molecule has 2 heterocycles. The standard InChI is InChI=1S/C15H17N3O4/c1-17-12-5-3-2-4-11(12)14(16-17)15(21)18-6-7-22-9-10(18)8-13(19)20/h2-5,10H,6-9H2,1H3,(H,19,20). The number of fused-ring (bicyclic) bond motifs is 1. The Labute approximate surface area is 127 Å². The highest BCUT2D eigenvalue weighted by molar-refractivity contribution is 6.05. The van der Waals surface area contributed by atoms with Gasteiger partial charge in [-0.15, -0.1) is 0 Å². The summed E-state index contributed by atoms with van der Waals surface area (Å²) in [6, 6.07) is 7.03. The average molecular weight is 303 g/mol. The minimum Gasteiger partial charge on any atom is -0.481 e. The maximum Gasteiger partial charge on any atom is 0.305 e. The summed E-state index contributed by atoms with van der Waals surface area (Å²) in [4.78, 5) is 25.4. The zero-order valence-electron chi connectivity index (χ0n) is 12.2. The summed E-state index contributed by atoms with van der Waals surface area (Å²) in [5.41, 5.74) is 1.23. The van der Waals surface area contributed by atoms with Crippen LogP contribution in [0.1, 0.15) is 16.9 Å². The Hall–Kier alpha value is -2.41. The van der Waals surface area contributed by atoms with E-state index in [4.69, 9.17) is 9.84 Å². The van der Waals surface area contributed by atoms with Gasteiger partial charge in [-0.1, -0.05) is 18.2 Å². The van der Waals surface area contributed by atoms with E-state index in [2.05, 4.69) is 5.10 Å². The molecule has 1 unspecified atom stereocenters. The molecule has 1 aromatic carbocycles. The second-order valence-corrected chi connectivity index (χ2v) is 5.31. The third-order valence-electron chi connectivity index (χ3n) is 3.86. The van der Waals surface area contributed by atoms with Crippen LogP contribution in [0.5, 0.6) is 0 Å². The Morgan fingerprint density at radius 1 is 1.41 bits per heavy atom. The van der Waals surface area contributed by atoms with Crippen molar-refractivity contribution in [3.05, 3.63) is 30.0 Å². The number of nitrogens with zero attached hydrogens (tertiary/aromatic N) is 3. The van der Waals surface area contributed by atoms with Gasteiger partial charge in [0.1, 0.15) is 0 Å². The fourth-order valence-corrected chi connectivity index (χ4v) is 2.80. The van der Waals surface area contributed by atoms with Crippen molar-refractivity contribution in [1.82, 2.24) is 14.7 Å². The predicted molar refractivity (Wildman–Crippen MR) is 78.6 cm³/mol. The van der Waals surface area contributed by atoms with E-state index in [9.17, 15) is 9.59 Å². The zero-order valence-corrected chi connectivity index (χ0v) is 12.2. The Morgan fingerprint density at radius 2 is 2.18 bits per heavy atom. The molecule has 0 aliphatic carbocycles. The quantitative estimate of drug-likeness (QED) is 0.910. The van der Waals surface area contributed by atoms with Gasteiger partial charge in [0.05, 0.1) is 31.2 Å². The number of carboxylic acid groups (broad SMARTS) is 1. The molecule has 7 nitrogen and oxygen atoms in total. The van der Waals surface area contributed by atoms with Gasteiger partial charge in [-0.25, -0.2) is 0 Å². The molecule has 1 N–H and O–H groups in total. The van der Waals surface area contributed by atoms with Crippen LogP contribution in [0.25, 0.3) is 10.9 Å². The zero-order chi connectivity index (χ0) is 15.7. The van der Waals surface area contributed by atoms with E-state index in [1.165, 1.54) is 0 Å². The van der Waals surface area contributed by atoms with Crippen molar-refractivity contribution in [2.24, 2.45) is 7.05 Å². The molecular formula is C15H17N3O4. The number of morpholine rings is 1. The van der Waals surface area contributed by atoms with E-state index in [1.54, 1.807) is 16.6 Å². The van der Waals surface area contributed by atoms with E-state index in [-0.39, 0.29) is 18.9 Å². The van der Waals surface area contributed by atoms with Crippen molar-refractivity contribution in [3.63, 3.8) is 0 Å². The number of ether oxygens (including phenoxy) is 1. The Bertz CT molecular complexity index is 725. The van der Waals surface area contributed by atoms with Crippen molar-refractivity contribution in [3.8, 4) is 0 Å². The minimum atomic E-state index is -0.945. The number of rotatable bonds is 3. The number of carbonyl (C=O) groups excluding carboxylic acids is 1. The minimum absolute atomic E-state index is 0.128. The summed E-state index contributed by atoms with van der Waals surface area (Å²) >= 11 is 0. The van der Waals surface area contributed by atoms with Crippen LogP contribution in [0.2, 0.25) is 0 Å². The lowest BCUT2D eigenvalue weighted by Gasteiger charge is -2.34. The SMILES string of the molecule is Cn1nc(C(=O)N2CCOCC2CC(=O)O)c2ccccc21. The first kappa shape index (κ1) is 14.5. The molecule has 2 aromatic rings. The highest BCUT2D eigenvalue weighted by Gasteiger charge is 2.32. The fraction of sp³-hybridized carbons (Fsp3) is 0.400. The maximum absolute atomic E-state index is 12.8. The lowest BCUT2D eigenvalue weighted by molar-refractivity contribution is -0.139. The van der Waals surface area contributed by atoms with Gasteiger partial charge >= 0.3 is 5.97 Å². The smallest absolute Gasteiger partial charge is 0.305 e. The summed E-state index contributed by atoms with van der Waals surface area (Å²) in [6.07, 6.45) is -0.128. The van der Waals surface area contributed by atoms with Gasteiger partial charge in [0.15, 0.2) is 5.69 Å². The molecule has 0 saturated carbocycles. The van der Waals surface area contributed by atoms with Gasteiger partial charge < -0.3 is 14.7 Å². The number of aryl methyl sites for hydroxylation is 1. The molecule has 1 amide bonds. The third-order valence-corrected chi connectivity index (χ3v) is 3.86. The van der Waals surface area contributed by atoms with E-state index in [1.807, 2.05) is 24.3 Å². The number of carboxylic acids is 1. The number of hydrogen-bond acceptors (Lipinski definition) is 4. The number of hydrogen-bond donors (Lipinski definition) is 1. The van der Waals surface area contributed by atoms with Crippen LogP contribution < -0.4 is 0 Å². The van der Waals surface area contributed by atoms with Gasteiger partial charge in [0.25, 0.3) is 5.91 Å². The molecule has 1 fully saturated rings. The Morgan fingerprint density at radius 3 is 2.95 bits per heavy atom. The first-order chi connectivity index (χ1) is 10.6. The molecule has 1 aliphatic rings. The predicted octanol–water partition coefficient (Wildman–Crippen LogP) is 0.889. The largest absolute Gasteiger partial charge is 0.481 e. The third kappa shape index (κ3) is 2.55. The van der Waals surface area contributed by atoms with E-state index in [0.717, 1.165) is 10.9 Å². The lowest BCUT2D eigenvalue weighted by atomic mass is 10.1. The van der Waals surface area contributed by atoms with Crippen LogP contribution in [0.3, 0.4) is 0 Å². The van der Waals surface area contributed by atoms with E-state index < -0.39 is 12.0 Å². The van der Waals surface area contributed by atoms with Crippen LogP contribution >= 0.6 is 0 Å². The second-order valence-electron chi connectivity index (χ2n) is 5.31. The molecule has 116 valence electrons. The normalized spacial score (nSPS) is 18.6. The number of para-hydroxylation sites is 1. The van der Waals surface area contributed by atoms with Crippen LogP contribution in [0.4, 0.5) is 0 Å². The second kappa shape index (κ2) is 5.76. The van der Waals surface area contributed by atoms with Gasteiger partial charge in [0, 0.05) is 19.0 Å². The van der Waals surface area contributed by atoms with Gasteiger partial charge in [-0.2, -0.15) is 5.10 Å². The molecule has 0 radical (unpaired) electrons. The number of benzene rings is 1. The van der Waals surface area contributed by atoms with Crippen LogP contribution in [-0.2, 0) is 16.6 Å². The van der Waals surface area contributed by atoms with E-state index >= 15 is 0 Å². The molecule has 0 bridgehead atoms. The molecule has 1 saturated heterocycles. The molecule has 0 spiro atoms.